The smallest absolute Gasteiger partial charge is 0.249 e. The molecule has 6 heteroatoms. The van der Waals surface area contributed by atoms with Gasteiger partial charge in [0, 0.05) is 0 Å². The van der Waals surface area contributed by atoms with Crippen LogP contribution in [0.15, 0.2) is 12.2 Å². The van der Waals surface area contributed by atoms with Crippen molar-refractivity contribution in [2.75, 3.05) is 6.61 Å². The van der Waals surface area contributed by atoms with E-state index in [4.69, 9.17) is 0 Å². The van der Waals surface area contributed by atoms with Gasteiger partial charge in [0.1, 0.15) is 12.2 Å². The first-order chi connectivity index (χ1) is 31.5. The number of allylic oxidation sites excluding steroid dienone is 2. The summed E-state index contributed by atoms with van der Waals surface area (Å²) in [6.45, 7) is 4.10. The van der Waals surface area contributed by atoms with E-state index < -0.39 is 36.9 Å². The van der Waals surface area contributed by atoms with Crippen LogP contribution >= 0.6 is 0 Å². The van der Waals surface area contributed by atoms with Gasteiger partial charge in [0.15, 0.2) is 0 Å². The Kier molecular flexibility index (Phi) is 52.2. The molecule has 0 aliphatic carbocycles. The van der Waals surface area contributed by atoms with Crippen LogP contribution in [-0.4, -0.2) is 57.3 Å². The average Bonchev–Trinajstić information content (AvgIpc) is 3.30. The summed E-state index contributed by atoms with van der Waals surface area (Å²) in [6.07, 6.45) is 62.8. The van der Waals surface area contributed by atoms with Gasteiger partial charge < -0.3 is 25.7 Å². The number of unbranched alkanes of at least 4 members (excludes halogenated alkanes) is 43. The van der Waals surface area contributed by atoms with Gasteiger partial charge in [-0.15, -0.1) is 0 Å². The summed E-state index contributed by atoms with van der Waals surface area (Å²) >= 11 is 0. The van der Waals surface area contributed by atoms with Gasteiger partial charge >= 0.3 is 0 Å². The molecule has 0 spiro atoms. The second kappa shape index (κ2) is 53.0. The van der Waals surface area contributed by atoms with Gasteiger partial charge in [-0.25, -0.2) is 0 Å². The van der Waals surface area contributed by atoms with E-state index in [0.717, 1.165) is 38.5 Å². The van der Waals surface area contributed by atoms with E-state index >= 15 is 0 Å². The monoisotopic (exact) mass is 906 g/mol. The predicted molar refractivity (Wildman–Crippen MR) is 279 cm³/mol. The minimum atomic E-state index is -1.26. The lowest BCUT2D eigenvalue weighted by atomic mass is 9.99. The van der Waals surface area contributed by atoms with Crippen molar-refractivity contribution in [2.24, 2.45) is 0 Å². The van der Waals surface area contributed by atoms with Crippen LogP contribution in [0.25, 0.3) is 0 Å². The molecule has 0 aromatic carbocycles. The van der Waals surface area contributed by atoms with Crippen LogP contribution in [0.2, 0.25) is 0 Å². The third-order valence-electron chi connectivity index (χ3n) is 14.0. The van der Waals surface area contributed by atoms with E-state index in [0.29, 0.717) is 12.8 Å². The summed E-state index contributed by atoms with van der Waals surface area (Å²) in [4.78, 5) is 12.6. The van der Waals surface area contributed by atoms with E-state index in [2.05, 4.69) is 31.3 Å². The first kappa shape index (κ1) is 63.0. The highest BCUT2D eigenvalue weighted by Crippen LogP contribution is 2.18. The van der Waals surface area contributed by atoms with Crippen LogP contribution in [0.3, 0.4) is 0 Å². The van der Waals surface area contributed by atoms with E-state index in [1.807, 2.05) is 0 Å². The van der Waals surface area contributed by atoms with Gasteiger partial charge in [-0.3, -0.25) is 4.79 Å². The van der Waals surface area contributed by atoms with Gasteiger partial charge in [0.2, 0.25) is 5.91 Å². The molecule has 0 aromatic rings. The van der Waals surface area contributed by atoms with E-state index in [1.165, 1.54) is 257 Å². The Balaban J connectivity index is 3.59. The zero-order valence-electron chi connectivity index (χ0n) is 43.3. The number of aliphatic hydroxyl groups is 4. The third kappa shape index (κ3) is 46.2. The number of amides is 1. The second-order valence-corrected chi connectivity index (χ2v) is 20.3. The Labute approximate surface area is 400 Å². The van der Waals surface area contributed by atoms with Crippen LogP contribution in [0.5, 0.6) is 0 Å². The quantitative estimate of drug-likeness (QED) is 0.0308. The molecule has 1 amide bonds. The molecule has 0 radical (unpaired) electrons. The summed E-state index contributed by atoms with van der Waals surface area (Å²) in [5.74, 6) is -0.578. The van der Waals surface area contributed by atoms with Gasteiger partial charge in [0.25, 0.3) is 0 Å². The number of aliphatic hydroxyl groups excluding tert-OH is 4. The summed E-state index contributed by atoms with van der Waals surface area (Å²) in [5, 5.41) is 44.0. The molecule has 6 nitrogen and oxygen atoms in total. The fourth-order valence-electron chi connectivity index (χ4n) is 9.40. The van der Waals surface area contributed by atoms with Gasteiger partial charge in [-0.2, -0.15) is 0 Å². The highest BCUT2D eigenvalue weighted by atomic mass is 16.3. The zero-order chi connectivity index (χ0) is 46.7. The van der Waals surface area contributed by atoms with Crippen LogP contribution in [0.4, 0.5) is 0 Å². The Bertz CT molecular complexity index is 928. The van der Waals surface area contributed by atoms with Crippen molar-refractivity contribution in [3.63, 3.8) is 0 Å². The average molecular weight is 907 g/mol. The van der Waals surface area contributed by atoms with Crippen LogP contribution in [0.1, 0.15) is 322 Å². The van der Waals surface area contributed by atoms with Crippen molar-refractivity contribution in [3.05, 3.63) is 12.2 Å². The fraction of sp³-hybridized carbons (Fsp3) is 0.948. The summed E-state index contributed by atoms with van der Waals surface area (Å²) < 4.78 is 0. The lowest BCUT2D eigenvalue weighted by Crippen LogP contribution is -2.53. The molecule has 0 heterocycles. The van der Waals surface area contributed by atoms with Gasteiger partial charge in [-0.1, -0.05) is 296 Å². The number of carbonyl (C=O) groups is 1. The van der Waals surface area contributed by atoms with Gasteiger partial charge in [-0.05, 0) is 38.5 Å². The summed E-state index contributed by atoms with van der Waals surface area (Å²) in [5.41, 5.74) is 0. The number of hydrogen-bond donors (Lipinski definition) is 5. The Hall–Kier alpha value is -0.950. The molecule has 5 N–H and O–H groups in total. The Morgan fingerprint density at radius 2 is 0.625 bits per heavy atom. The Morgan fingerprint density at radius 1 is 0.375 bits per heavy atom. The molecule has 0 rings (SSSR count). The maximum atomic E-state index is 12.6. The van der Waals surface area contributed by atoms with Crippen molar-refractivity contribution < 1.29 is 25.2 Å². The first-order valence-corrected chi connectivity index (χ1v) is 29.1. The molecule has 0 saturated carbocycles. The highest BCUT2D eigenvalue weighted by molar-refractivity contribution is 5.80. The molecule has 0 aromatic heterocycles. The van der Waals surface area contributed by atoms with Crippen molar-refractivity contribution in [1.29, 1.82) is 0 Å². The SMILES string of the molecule is CCCCCCCCCCCCCC/C=C\CCCCCCCCCCCCCCC(O)C(=O)NC(CO)C(O)C(O)CCCCCCCCCCCCCCCCCCCCCC. The van der Waals surface area contributed by atoms with Crippen molar-refractivity contribution >= 4 is 5.91 Å². The molecule has 0 aliphatic heterocycles. The number of rotatable bonds is 54. The van der Waals surface area contributed by atoms with Crippen molar-refractivity contribution in [2.45, 2.75) is 346 Å². The molecule has 4 unspecified atom stereocenters. The molecule has 4 atom stereocenters. The minimum Gasteiger partial charge on any atom is -0.394 e. The third-order valence-corrected chi connectivity index (χ3v) is 14.0. The van der Waals surface area contributed by atoms with E-state index in [9.17, 15) is 25.2 Å². The minimum absolute atomic E-state index is 0.372. The zero-order valence-corrected chi connectivity index (χ0v) is 43.3. The highest BCUT2D eigenvalue weighted by Gasteiger charge is 2.28. The second-order valence-electron chi connectivity index (χ2n) is 20.3. The number of hydrogen-bond acceptors (Lipinski definition) is 5. The largest absolute Gasteiger partial charge is 0.394 e. The predicted octanol–water partition coefficient (Wildman–Crippen LogP) is 16.9. The molecule has 0 aliphatic rings. The summed E-state index contributed by atoms with van der Waals surface area (Å²) in [7, 11) is 0. The standard InChI is InChI=1S/C58H115NO5/c1-3-5-7-9-11-13-15-17-19-21-23-25-26-27-28-29-30-31-32-34-36-38-40-42-44-46-48-50-52-56(62)58(64)59-54(53-60)57(63)55(61)51-49-47-45-43-41-39-37-35-33-24-22-20-18-16-14-12-10-8-6-4-2/h27-28,54-57,60-63H,3-26,29-53H2,1-2H3,(H,59,64)/b28-27-. The van der Waals surface area contributed by atoms with Crippen molar-refractivity contribution in [3.8, 4) is 0 Å². The Morgan fingerprint density at radius 3 is 0.906 bits per heavy atom. The summed E-state index contributed by atoms with van der Waals surface area (Å²) in [6, 6.07) is -0.983. The van der Waals surface area contributed by atoms with Gasteiger partial charge in [0.05, 0.1) is 18.8 Å². The van der Waals surface area contributed by atoms with Crippen LogP contribution < -0.4 is 5.32 Å². The van der Waals surface area contributed by atoms with E-state index in [1.54, 1.807) is 0 Å². The van der Waals surface area contributed by atoms with Crippen LogP contribution in [0, 0.1) is 0 Å². The number of carbonyl (C=O) groups excluding carboxylic acids is 1. The molecule has 0 fully saturated rings. The fourth-order valence-corrected chi connectivity index (χ4v) is 9.40. The maximum Gasteiger partial charge on any atom is 0.249 e. The molecule has 0 saturated heterocycles. The lowest BCUT2D eigenvalue weighted by Gasteiger charge is -2.27. The van der Waals surface area contributed by atoms with E-state index in [-0.39, 0.29) is 0 Å². The van der Waals surface area contributed by atoms with Crippen LogP contribution in [-0.2, 0) is 4.79 Å². The number of nitrogens with one attached hydrogen (secondary N) is 1. The topological polar surface area (TPSA) is 110 Å². The first-order valence-electron chi connectivity index (χ1n) is 29.1. The molecular formula is C58H115NO5. The van der Waals surface area contributed by atoms with Crippen molar-refractivity contribution in [1.82, 2.24) is 5.32 Å². The molecule has 64 heavy (non-hydrogen) atoms. The molecule has 0 bridgehead atoms. The maximum absolute atomic E-state index is 12.6. The normalized spacial score (nSPS) is 13.8. The molecule has 382 valence electrons. The lowest BCUT2D eigenvalue weighted by molar-refractivity contribution is -0.132. The molecular weight excluding hydrogens is 791 g/mol.